The molecular formula is C18H23BrO3. The lowest BCUT2D eigenvalue weighted by atomic mass is 10.1. The molecule has 1 aromatic rings. The van der Waals surface area contributed by atoms with Crippen molar-refractivity contribution in [3.05, 3.63) is 51.4 Å². The average Bonchev–Trinajstić information content (AvgIpc) is 2.46. The van der Waals surface area contributed by atoms with Gasteiger partial charge in [-0.15, -0.1) is 0 Å². The third-order valence-electron chi connectivity index (χ3n) is 3.16. The fourth-order valence-corrected chi connectivity index (χ4v) is 2.10. The molecule has 1 rings (SSSR count). The molecule has 0 amide bonds. The SMILES string of the molecule is CCCc1ccc(C=O)c(O/C(=C/C(Br)=C(\C)O)C(C)C)c1. The summed E-state index contributed by atoms with van der Waals surface area (Å²) in [5.41, 5.74) is 1.66. The second kappa shape index (κ2) is 8.79. The Balaban J connectivity index is 3.20. The van der Waals surface area contributed by atoms with E-state index in [0.717, 1.165) is 24.7 Å². The van der Waals surface area contributed by atoms with E-state index >= 15 is 0 Å². The van der Waals surface area contributed by atoms with E-state index in [0.29, 0.717) is 21.6 Å². The summed E-state index contributed by atoms with van der Waals surface area (Å²) in [6.45, 7) is 7.70. The molecule has 0 spiro atoms. The molecule has 22 heavy (non-hydrogen) atoms. The van der Waals surface area contributed by atoms with Crippen LogP contribution in [0.2, 0.25) is 0 Å². The molecule has 0 saturated carbocycles. The zero-order valence-corrected chi connectivity index (χ0v) is 15.1. The van der Waals surface area contributed by atoms with Crippen molar-refractivity contribution >= 4 is 22.2 Å². The monoisotopic (exact) mass is 366 g/mol. The molecule has 0 bridgehead atoms. The van der Waals surface area contributed by atoms with E-state index in [9.17, 15) is 9.90 Å². The molecule has 0 aliphatic carbocycles. The van der Waals surface area contributed by atoms with Crippen LogP contribution in [0.15, 0.2) is 40.3 Å². The Morgan fingerprint density at radius 3 is 2.59 bits per heavy atom. The van der Waals surface area contributed by atoms with Gasteiger partial charge in [0.05, 0.1) is 10.0 Å². The van der Waals surface area contributed by atoms with Crippen LogP contribution < -0.4 is 4.74 Å². The van der Waals surface area contributed by atoms with E-state index in [4.69, 9.17) is 4.74 Å². The summed E-state index contributed by atoms with van der Waals surface area (Å²) in [5, 5.41) is 9.51. The van der Waals surface area contributed by atoms with Gasteiger partial charge in [-0.2, -0.15) is 0 Å². The molecule has 1 aromatic carbocycles. The van der Waals surface area contributed by atoms with Crippen LogP contribution in [0.4, 0.5) is 0 Å². The number of allylic oxidation sites excluding steroid dienone is 4. The predicted octanol–water partition coefficient (Wildman–Crippen LogP) is 5.55. The highest BCUT2D eigenvalue weighted by Gasteiger charge is 2.12. The van der Waals surface area contributed by atoms with Gasteiger partial charge in [0.2, 0.25) is 0 Å². The summed E-state index contributed by atoms with van der Waals surface area (Å²) >= 11 is 3.30. The Morgan fingerprint density at radius 1 is 1.41 bits per heavy atom. The van der Waals surface area contributed by atoms with Gasteiger partial charge >= 0.3 is 0 Å². The van der Waals surface area contributed by atoms with Crippen LogP contribution in [0.25, 0.3) is 0 Å². The molecule has 120 valence electrons. The third kappa shape index (κ3) is 5.34. The Hall–Kier alpha value is -1.55. The van der Waals surface area contributed by atoms with Gasteiger partial charge in [0.25, 0.3) is 0 Å². The molecule has 0 aliphatic heterocycles. The molecule has 0 aliphatic rings. The van der Waals surface area contributed by atoms with Crippen molar-refractivity contribution in [3.8, 4) is 5.75 Å². The molecule has 4 heteroatoms. The smallest absolute Gasteiger partial charge is 0.153 e. The molecule has 0 saturated heterocycles. The van der Waals surface area contributed by atoms with Gasteiger partial charge in [-0.05, 0) is 53.0 Å². The summed E-state index contributed by atoms with van der Waals surface area (Å²) in [7, 11) is 0. The van der Waals surface area contributed by atoms with Crippen LogP contribution in [-0.2, 0) is 6.42 Å². The summed E-state index contributed by atoms with van der Waals surface area (Å²) in [6, 6.07) is 5.65. The molecule has 0 radical (unpaired) electrons. The van der Waals surface area contributed by atoms with E-state index in [1.54, 1.807) is 19.1 Å². The van der Waals surface area contributed by atoms with Crippen molar-refractivity contribution < 1.29 is 14.6 Å². The van der Waals surface area contributed by atoms with Crippen molar-refractivity contribution in [2.24, 2.45) is 5.92 Å². The lowest BCUT2D eigenvalue weighted by molar-refractivity contribution is 0.112. The molecule has 0 aromatic heterocycles. The minimum atomic E-state index is 0.112. The van der Waals surface area contributed by atoms with Crippen molar-refractivity contribution in [1.29, 1.82) is 0 Å². The first-order valence-electron chi connectivity index (χ1n) is 7.41. The van der Waals surface area contributed by atoms with Crippen molar-refractivity contribution in [1.82, 2.24) is 0 Å². The van der Waals surface area contributed by atoms with Crippen LogP contribution in [0.3, 0.4) is 0 Å². The first kappa shape index (κ1) is 18.5. The predicted molar refractivity (Wildman–Crippen MR) is 93.6 cm³/mol. The number of aldehydes is 1. The van der Waals surface area contributed by atoms with E-state index in [1.807, 2.05) is 26.0 Å². The number of carbonyl (C=O) groups excluding carboxylic acids is 1. The second-order valence-electron chi connectivity index (χ2n) is 5.48. The Labute approximate surface area is 140 Å². The lowest BCUT2D eigenvalue weighted by Crippen LogP contribution is -2.05. The highest BCUT2D eigenvalue weighted by Crippen LogP contribution is 2.26. The number of aliphatic hydroxyl groups excluding tert-OH is 1. The van der Waals surface area contributed by atoms with Gasteiger partial charge in [0, 0.05) is 5.92 Å². The largest absolute Gasteiger partial charge is 0.511 e. The second-order valence-corrected chi connectivity index (χ2v) is 6.33. The average molecular weight is 367 g/mol. The quantitative estimate of drug-likeness (QED) is 0.390. The number of rotatable bonds is 7. The number of carbonyl (C=O) groups is 1. The van der Waals surface area contributed by atoms with Gasteiger partial charge in [-0.3, -0.25) is 4.79 Å². The van der Waals surface area contributed by atoms with Crippen LogP contribution >= 0.6 is 15.9 Å². The molecular weight excluding hydrogens is 344 g/mol. The van der Waals surface area contributed by atoms with E-state index in [1.165, 1.54) is 0 Å². The van der Waals surface area contributed by atoms with E-state index in [-0.39, 0.29) is 11.7 Å². The molecule has 0 unspecified atom stereocenters. The Kier molecular flexibility index (Phi) is 7.39. The van der Waals surface area contributed by atoms with Crippen LogP contribution in [-0.4, -0.2) is 11.4 Å². The van der Waals surface area contributed by atoms with E-state index < -0.39 is 0 Å². The fourth-order valence-electron chi connectivity index (χ4n) is 1.88. The van der Waals surface area contributed by atoms with Gasteiger partial charge in [-0.1, -0.05) is 33.3 Å². The molecule has 1 N–H and O–H groups in total. The fraction of sp³-hybridized carbons (Fsp3) is 0.389. The highest BCUT2D eigenvalue weighted by molar-refractivity contribution is 9.11. The van der Waals surface area contributed by atoms with E-state index in [2.05, 4.69) is 22.9 Å². The maximum atomic E-state index is 11.2. The minimum Gasteiger partial charge on any atom is -0.511 e. The lowest BCUT2D eigenvalue weighted by Gasteiger charge is -2.16. The minimum absolute atomic E-state index is 0.112. The molecule has 3 nitrogen and oxygen atoms in total. The molecule has 0 heterocycles. The zero-order valence-electron chi connectivity index (χ0n) is 13.5. The van der Waals surface area contributed by atoms with Crippen molar-refractivity contribution in [2.45, 2.75) is 40.5 Å². The summed E-state index contributed by atoms with van der Waals surface area (Å²) in [4.78, 5) is 11.2. The van der Waals surface area contributed by atoms with Gasteiger partial charge in [0.1, 0.15) is 17.3 Å². The first-order chi connectivity index (χ1) is 10.4. The topological polar surface area (TPSA) is 46.5 Å². The first-order valence-corrected chi connectivity index (χ1v) is 8.21. The number of hydrogen-bond acceptors (Lipinski definition) is 3. The Bertz CT molecular complexity index is 582. The number of halogens is 1. The summed E-state index contributed by atoms with van der Waals surface area (Å²) in [5.74, 6) is 1.52. The Morgan fingerprint density at radius 2 is 2.09 bits per heavy atom. The summed E-state index contributed by atoms with van der Waals surface area (Å²) in [6.07, 6.45) is 4.51. The molecule has 0 atom stereocenters. The third-order valence-corrected chi connectivity index (χ3v) is 3.96. The number of ether oxygens (including phenoxy) is 1. The maximum Gasteiger partial charge on any atom is 0.153 e. The van der Waals surface area contributed by atoms with Crippen molar-refractivity contribution in [3.63, 3.8) is 0 Å². The number of aryl methyl sites for hydroxylation is 1. The highest BCUT2D eigenvalue weighted by atomic mass is 79.9. The van der Waals surface area contributed by atoms with Crippen LogP contribution in [0, 0.1) is 5.92 Å². The number of aliphatic hydroxyl groups is 1. The van der Waals surface area contributed by atoms with Crippen molar-refractivity contribution in [2.75, 3.05) is 0 Å². The number of hydrogen-bond donors (Lipinski definition) is 1. The summed E-state index contributed by atoms with van der Waals surface area (Å²) < 4.78 is 6.52. The zero-order chi connectivity index (χ0) is 16.7. The van der Waals surface area contributed by atoms with Crippen LogP contribution in [0.5, 0.6) is 5.75 Å². The van der Waals surface area contributed by atoms with Gasteiger partial charge in [0.15, 0.2) is 6.29 Å². The van der Waals surface area contributed by atoms with Gasteiger partial charge in [-0.25, -0.2) is 0 Å². The molecule has 0 fully saturated rings. The normalized spacial score (nSPS) is 13.1. The maximum absolute atomic E-state index is 11.2. The number of benzene rings is 1. The standard InChI is InChI=1S/C18H23BrO3/c1-5-6-14-7-8-15(11-20)18(9-14)22-17(12(2)3)10-16(19)13(4)21/h7-12,21H,5-6H2,1-4H3/b16-13-,17-10+. The van der Waals surface area contributed by atoms with Gasteiger partial charge < -0.3 is 9.84 Å². The van der Waals surface area contributed by atoms with Crippen LogP contribution in [0.1, 0.15) is 50.0 Å².